The summed E-state index contributed by atoms with van der Waals surface area (Å²) in [6, 6.07) is 11.0. The van der Waals surface area contributed by atoms with Crippen LogP contribution in [0.3, 0.4) is 0 Å². The number of hydrogen-bond donors (Lipinski definition) is 0. The maximum absolute atomic E-state index is 12.6. The van der Waals surface area contributed by atoms with Gasteiger partial charge in [-0.05, 0) is 38.1 Å². The van der Waals surface area contributed by atoms with Gasteiger partial charge < -0.3 is 0 Å². The Labute approximate surface area is 143 Å². The zero-order chi connectivity index (χ0) is 15.9. The van der Waals surface area contributed by atoms with Crippen LogP contribution in [0.1, 0.15) is 23.6 Å². The second-order valence-corrected chi connectivity index (χ2v) is 7.35. The minimum atomic E-state index is -0.266. The maximum atomic E-state index is 12.6. The van der Waals surface area contributed by atoms with E-state index in [9.17, 15) is 4.79 Å². The summed E-state index contributed by atoms with van der Waals surface area (Å²) in [5, 5.41) is 0.687. The summed E-state index contributed by atoms with van der Waals surface area (Å²) in [5.41, 5.74) is 1.62. The van der Waals surface area contributed by atoms with E-state index in [1.54, 1.807) is 23.1 Å². The molecule has 0 unspecified atom stereocenters. The lowest BCUT2D eigenvalue weighted by atomic mass is 10.2. The Morgan fingerprint density at radius 2 is 1.77 bits per heavy atom. The van der Waals surface area contributed by atoms with Crippen molar-refractivity contribution in [2.45, 2.75) is 24.5 Å². The van der Waals surface area contributed by atoms with Gasteiger partial charge in [-0.2, -0.15) is 0 Å². The highest BCUT2D eigenvalue weighted by Crippen LogP contribution is 2.48. The predicted molar refractivity (Wildman–Crippen MR) is 92.7 cm³/mol. The Morgan fingerprint density at radius 1 is 1.14 bits per heavy atom. The van der Waals surface area contributed by atoms with Crippen molar-refractivity contribution in [3.8, 4) is 0 Å². The fourth-order valence-corrected chi connectivity index (χ4v) is 4.54. The lowest BCUT2D eigenvalue weighted by Gasteiger charge is -2.25. The van der Waals surface area contributed by atoms with Gasteiger partial charge in [0.2, 0.25) is 5.91 Å². The van der Waals surface area contributed by atoms with Crippen molar-refractivity contribution in [3.05, 3.63) is 57.7 Å². The molecule has 6 heteroatoms. The lowest BCUT2D eigenvalue weighted by Crippen LogP contribution is -2.31. The molecule has 0 aliphatic carbocycles. The second-order valence-electron chi connectivity index (χ2n) is 5.11. The topological polar surface area (TPSA) is 33.2 Å². The van der Waals surface area contributed by atoms with Crippen LogP contribution in [0.2, 0.25) is 10.0 Å². The van der Waals surface area contributed by atoms with E-state index < -0.39 is 0 Å². The molecule has 2 heterocycles. The summed E-state index contributed by atoms with van der Waals surface area (Å²) in [6.45, 7) is 3.79. The minimum absolute atomic E-state index is 0.0177. The van der Waals surface area contributed by atoms with Crippen molar-refractivity contribution < 1.29 is 4.79 Å². The molecule has 22 heavy (non-hydrogen) atoms. The van der Waals surface area contributed by atoms with E-state index in [0.29, 0.717) is 15.9 Å². The highest BCUT2D eigenvalue weighted by atomic mass is 35.5. The van der Waals surface area contributed by atoms with Crippen molar-refractivity contribution in [3.63, 3.8) is 0 Å². The number of carbonyl (C=O) groups excluding carboxylic acids is 1. The third-order valence-corrected chi connectivity index (χ3v) is 5.49. The van der Waals surface area contributed by atoms with Gasteiger partial charge in [-0.3, -0.25) is 9.69 Å². The van der Waals surface area contributed by atoms with Gasteiger partial charge in [0.1, 0.15) is 11.2 Å². The number of benzene rings is 1. The molecule has 1 saturated heterocycles. The number of anilines is 1. The Bertz CT molecular complexity index is 718. The zero-order valence-corrected chi connectivity index (χ0v) is 14.4. The number of nitrogens with zero attached hydrogens (tertiary/aromatic N) is 2. The number of rotatable bonds is 2. The first-order valence-corrected chi connectivity index (χ1v) is 8.55. The average molecular weight is 353 g/mol. The van der Waals surface area contributed by atoms with E-state index in [4.69, 9.17) is 23.2 Å². The molecule has 2 atom stereocenters. The van der Waals surface area contributed by atoms with Gasteiger partial charge in [0.05, 0.1) is 5.25 Å². The summed E-state index contributed by atoms with van der Waals surface area (Å²) in [6.07, 6.45) is 0. The number of aryl methyl sites for hydroxylation is 1. The Morgan fingerprint density at radius 3 is 2.41 bits per heavy atom. The van der Waals surface area contributed by atoms with E-state index in [1.165, 1.54) is 11.8 Å². The van der Waals surface area contributed by atoms with Crippen LogP contribution in [-0.2, 0) is 4.79 Å². The number of carbonyl (C=O) groups is 1. The number of amides is 1. The standard InChI is InChI=1S/C16H14Cl2N2OS/c1-9-5-3-8-13(19-9)20-15(21)10(2)22-16(20)14-11(17)6-4-7-12(14)18/h3-8,10,16H,1-2H3/t10-,16-/m0/s1. The van der Waals surface area contributed by atoms with Gasteiger partial charge in [0, 0.05) is 21.3 Å². The number of thioether (sulfide) groups is 1. The van der Waals surface area contributed by atoms with Gasteiger partial charge in [-0.25, -0.2) is 4.98 Å². The van der Waals surface area contributed by atoms with Crippen molar-refractivity contribution in [2.75, 3.05) is 4.90 Å². The summed E-state index contributed by atoms with van der Waals surface area (Å²) in [7, 11) is 0. The van der Waals surface area contributed by atoms with Crippen molar-refractivity contribution in [1.82, 2.24) is 4.98 Å². The Hall–Kier alpha value is -1.23. The summed E-state index contributed by atoms with van der Waals surface area (Å²) in [4.78, 5) is 18.8. The average Bonchev–Trinajstić information content (AvgIpc) is 2.74. The maximum Gasteiger partial charge on any atom is 0.242 e. The SMILES string of the molecule is Cc1cccc(N2C(=O)[C@H](C)S[C@H]2c2c(Cl)cccc2Cl)n1. The van der Waals surface area contributed by atoms with Crippen LogP contribution in [0, 0.1) is 6.92 Å². The first-order chi connectivity index (χ1) is 10.5. The molecule has 1 aliphatic heterocycles. The van der Waals surface area contributed by atoms with Crippen LogP contribution in [-0.4, -0.2) is 16.1 Å². The van der Waals surface area contributed by atoms with Crippen LogP contribution in [0.4, 0.5) is 5.82 Å². The van der Waals surface area contributed by atoms with Crippen molar-refractivity contribution in [2.24, 2.45) is 0 Å². The van der Waals surface area contributed by atoms with Crippen LogP contribution in [0.25, 0.3) is 0 Å². The van der Waals surface area contributed by atoms with Gasteiger partial charge in [-0.1, -0.05) is 35.3 Å². The summed E-state index contributed by atoms with van der Waals surface area (Å²) < 4.78 is 0. The molecule has 0 bridgehead atoms. The van der Waals surface area contributed by atoms with E-state index >= 15 is 0 Å². The molecule has 1 amide bonds. The summed E-state index contributed by atoms with van der Waals surface area (Å²) in [5.74, 6) is 0.645. The molecule has 3 rings (SSSR count). The molecule has 1 aromatic carbocycles. The molecule has 3 nitrogen and oxygen atoms in total. The molecule has 0 N–H and O–H groups in total. The van der Waals surface area contributed by atoms with Crippen molar-refractivity contribution >= 4 is 46.7 Å². The minimum Gasteiger partial charge on any atom is -0.279 e. The van der Waals surface area contributed by atoms with E-state index in [1.807, 2.05) is 32.0 Å². The van der Waals surface area contributed by atoms with Crippen LogP contribution in [0.5, 0.6) is 0 Å². The molecule has 1 aliphatic rings. The lowest BCUT2D eigenvalue weighted by molar-refractivity contribution is -0.117. The molecule has 0 saturated carbocycles. The van der Waals surface area contributed by atoms with Gasteiger partial charge >= 0.3 is 0 Å². The van der Waals surface area contributed by atoms with E-state index in [0.717, 1.165) is 11.3 Å². The van der Waals surface area contributed by atoms with E-state index in [-0.39, 0.29) is 16.5 Å². The smallest absolute Gasteiger partial charge is 0.242 e. The second kappa shape index (κ2) is 6.11. The molecule has 0 spiro atoms. The van der Waals surface area contributed by atoms with Gasteiger partial charge in [0.25, 0.3) is 0 Å². The molecule has 114 valence electrons. The molecular weight excluding hydrogens is 339 g/mol. The Kier molecular flexibility index (Phi) is 4.35. The first kappa shape index (κ1) is 15.7. The number of aromatic nitrogens is 1. The monoisotopic (exact) mass is 352 g/mol. The van der Waals surface area contributed by atoms with Crippen LogP contribution < -0.4 is 4.90 Å². The fraction of sp³-hybridized carbons (Fsp3) is 0.250. The van der Waals surface area contributed by atoms with Gasteiger partial charge in [0.15, 0.2) is 0 Å². The number of hydrogen-bond acceptors (Lipinski definition) is 3. The quantitative estimate of drug-likeness (QED) is 0.773. The number of halogens is 2. The third kappa shape index (κ3) is 2.71. The van der Waals surface area contributed by atoms with Crippen LogP contribution >= 0.6 is 35.0 Å². The zero-order valence-electron chi connectivity index (χ0n) is 12.1. The summed E-state index contributed by atoms with van der Waals surface area (Å²) >= 11 is 14.2. The van der Waals surface area contributed by atoms with E-state index in [2.05, 4.69) is 4.98 Å². The van der Waals surface area contributed by atoms with Gasteiger partial charge in [-0.15, -0.1) is 11.8 Å². The van der Waals surface area contributed by atoms with Crippen molar-refractivity contribution in [1.29, 1.82) is 0 Å². The highest BCUT2D eigenvalue weighted by Gasteiger charge is 2.41. The number of pyridine rings is 1. The molecule has 2 aromatic rings. The largest absolute Gasteiger partial charge is 0.279 e. The van der Waals surface area contributed by atoms with Crippen LogP contribution in [0.15, 0.2) is 36.4 Å². The first-order valence-electron chi connectivity index (χ1n) is 6.85. The highest BCUT2D eigenvalue weighted by molar-refractivity contribution is 8.01. The molecular formula is C16H14Cl2N2OS. The molecule has 0 radical (unpaired) electrons. The normalized spacial score (nSPS) is 21.5. The third-order valence-electron chi connectivity index (χ3n) is 3.52. The predicted octanol–water partition coefficient (Wildman–Crippen LogP) is 4.86. The fourth-order valence-electron chi connectivity index (χ4n) is 2.46. The Balaban J connectivity index is 2.11. The molecule has 1 fully saturated rings. The molecule has 1 aromatic heterocycles.